The molecule has 0 unspecified atom stereocenters. The van der Waals surface area contributed by atoms with E-state index in [0.717, 1.165) is 66.4 Å². The Morgan fingerprint density at radius 1 is 0.521 bits per heavy atom. The van der Waals surface area contributed by atoms with Crippen molar-refractivity contribution in [2.24, 2.45) is 0 Å². The molecule has 10 rings (SSSR count). The number of para-hydroxylation sites is 1. The standard InChI is InChI=1S/C44H30N2O2/c1-44(2)37-14-8-6-12-32(37)33-21-19-31(26-38(33)44)46(30-20-23-41-36(25-30)34-13-7-9-15-40(34)47-41)29-18-16-27-17-22-39-42(35(27)24-29)48-43(45-39)28-10-4-3-5-11-28/h3-26H,1-2H3. The molecule has 0 aliphatic heterocycles. The first-order chi connectivity index (χ1) is 23.5. The van der Waals surface area contributed by atoms with E-state index in [4.69, 9.17) is 13.8 Å². The summed E-state index contributed by atoms with van der Waals surface area (Å²) in [5.41, 5.74) is 12.7. The molecule has 0 saturated carbocycles. The monoisotopic (exact) mass is 618 g/mol. The van der Waals surface area contributed by atoms with E-state index in [-0.39, 0.29) is 5.41 Å². The van der Waals surface area contributed by atoms with Gasteiger partial charge in [-0.3, -0.25) is 0 Å². The molecule has 0 radical (unpaired) electrons. The SMILES string of the molecule is CC1(C)c2ccccc2-c2ccc(N(c3ccc4oc5ccccc5c4c3)c3ccc4ccc5nc(-c6ccccc6)oc5c4c3)cc21. The molecule has 2 heterocycles. The van der Waals surface area contributed by atoms with Gasteiger partial charge in [-0.2, -0.15) is 0 Å². The van der Waals surface area contributed by atoms with Crippen LogP contribution in [0.3, 0.4) is 0 Å². The first-order valence-corrected chi connectivity index (χ1v) is 16.4. The number of hydrogen-bond donors (Lipinski definition) is 0. The van der Waals surface area contributed by atoms with Crippen LogP contribution in [0.2, 0.25) is 0 Å². The molecule has 228 valence electrons. The fourth-order valence-corrected chi connectivity index (χ4v) is 7.67. The van der Waals surface area contributed by atoms with E-state index in [2.05, 4.69) is 116 Å². The lowest BCUT2D eigenvalue weighted by Gasteiger charge is -2.28. The first kappa shape index (κ1) is 27.0. The van der Waals surface area contributed by atoms with Gasteiger partial charge in [-0.1, -0.05) is 92.7 Å². The van der Waals surface area contributed by atoms with Crippen LogP contribution in [0, 0.1) is 0 Å². The Labute approximate surface area is 277 Å². The summed E-state index contributed by atoms with van der Waals surface area (Å²) in [5, 5.41) is 4.32. The maximum atomic E-state index is 6.49. The van der Waals surface area contributed by atoms with Gasteiger partial charge in [-0.05, 0) is 94.4 Å². The number of nitrogens with zero attached hydrogens (tertiary/aromatic N) is 2. The summed E-state index contributed by atoms with van der Waals surface area (Å²) < 4.78 is 12.7. The van der Waals surface area contributed by atoms with Gasteiger partial charge in [-0.15, -0.1) is 0 Å². The highest BCUT2D eigenvalue weighted by atomic mass is 16.3. The van der Waals surface area contributed by atoms with E-state index in [9.17, 15) is 0 Å². The predicted molar refractivity (Wildman–Crippen MR) is 196 cm³/mol. The van der Waals surface area contributed by atoms with Crippen LogP contribution in [-0.4, -0.2) is 4.98 Å². The molecule has 9 aromatic rings. The Kier molecular flexibility index (Phi) is 5.59. The van der Waals surface area contributed by atoms with Crippen molar-refractivity contribution in [3.05, 3.63) is 157 Å². The molecule has 7 aromatic carbocycles. The molecule has 0 saturated heterocycles. The summed E-state index contributed by atoms with van der Waals surface area (Å²) in [5.74, 6) is 0.623. The molecule has 4 nitrogen and oxygen atoms in total. The number of fused-ring (bicyclic) bond motifs is 9. The van der Waals surface area contributed by atoms with Crippen LogP contribution in [0.25, 0.3) is 66.4 Å². The Morgan fingerprint density at radius 3 is 2.08 bits per heavy atom. The Bertz CT molecular complexity index is 2720. The largest absolute Gasteiger partial charge is 0.456 e. The highest BCUT2D eigenvalue weighted by Gasteiger charge is 2.35. The maximum absolute atomic E-state index is 6.49. The van der Waals surface area contributed by atoms with Crippen LogP contribution in [-0.2, 0) is 5.41 Å². The second-order valence-corrected chi connectivity index (χ2v) is 13.2. The lowest BCUT2D eigenvalue weighted by atomic mass is 9.82. The van der Waals surface area contributed by atoms with E-state index >= 15 is 0 Å². The minimum absolute atomic E-state index is 0.123. The van der Waals surface area contributed by atoms with Gasteiger partial charge in [0.15, 0.2) is 5.58 Å². The molecule has 2 aromatic heterocycles. The van der Waals surface area contributed by atoms with Crippen LogP contribution in [0.5, 0.6) is 0 Å². The molecule has 48 heavy (non-hydrogen) atoms. The van der Waals surface area contributed by atoms with Crippen molar-refractivity contribution in [2.45, 2.75) is 19.3 Å². The second-order valence-electron chi connectivity index (χ2n) is 13.2. The van der Waals surface area contributed by atoms with Gasteiger partial charge in [0.05, 0.1) is 0 Å². The Morgan fingerprint density at radius 2 is 1.19 bits per heavy atom. The normalized spacial score (nSPS) is 13.4. The van der Waals surface area contributed by atoms with Crippen LogP contribution in [0.15, 0.2) is 154 Å². The minimum atomic E-state index is -0.123. The third kappa shape index (κ3) is 3.93. The Balaban J connectivity index is 1.20. The van der Waals surface area contributed by atoms with Crippen molar-refractivity contribution in [2.75, 3.05) is 4.90 Å². The first-order valence-electron chi connectivity index (χ1n) is 16.4. The molecule has 0 bridgehead atoms. The zero-order chi connectivity index (χ0) is 32.0. The number of oxazole rings is 1. The fourth-order valence-electron chi connectivity index (χ4n) is 7.67. The summed E-state index contributed by atoms with van der Waals surface area (Å²) in [6, 6.07) is 51.3. The number of furan rings is 1. The van der Waals surface area contributed by atoms with E-state index < -0.39 is 0 Å². The quantitative estimate of drug-likeness (QED) is 0.197. The van der Waals surface area contributed by atoms with Gasteiger partial charge in [0.2, 0.25) is 5.89 Å². The van der Waals surface area contributed by atoms with Crippen molar-refractivity contribution in [1.29, 1.82) is 0 Å². The predicted octanol–water partition coefficient (Wildman–Crippen LogP) is 12.3. The summed E-state index contributed by atoms with van der Waals surface area (Å²) in [6.07, 6.45) is 0. The summed E-state index contributed by atoms with van der Waals surface area (Å²) in [4.78, 5) is 7.22. The summed E-state index contributed by atoms with van der Waals surface area (Å²) in [6.45, 7) is 4.66. The van der Waals surface area contributed by atoms with Crippen molar-refractivity contribution in [3.8, 4) is 22.6 Å². The highest BCUT2D eigenvalue weighted by Crippen LogP contribution is 2.51. The molecule has 0 amide bonds. The smallest absolute Gasteiger partial charge is 0.227 e. The molecule has 0 spiro atoms. The highest BCUT2D eigenvalue weighted by molar-refractivity contribution is 6.08. The summed E-state index contributed by atoms with van der Waals surface area (Å²) >= 11 is 0. The maximum Gasteiger partial charge on any atom is 0.227 e. The van der Waals surface area contributed by atoms with E-state index in [1.54, 1.807) is 0 Å². The van der Waals surface area contributed by atoms with Crippen LogP contribution >= 0.6 is 0 Å². The average molecular weight is 619 g/mol. The van der Waals surface area contributed by atoms with Crippen LogP contribution in [0.4, 0.5) is 17.1 Å². The van der Waals surface area contributed by atoms with Gasteiger partial charge in [0, 0.05) is 44.2 Å². The number of rotatable bonds is 4. The summed E-state index contributed by atoms with van der Waals surface area (Å²) in [7, 11) is 0. The molecule has 0 fully saturated rings. The molecular formula is C44H30N2O2. The van der Waals surface area contributed by atoms with E-state index in [1.807, 2.05) is 48.5 Å². The van der Waals surface area contributed by atoms with E-state index in [1.165, 1.54) is 22.3 Å². The van der Waals surface area contributed by atoms with Crippen LogP contribution in [0.1, 0.15) is 25.0 Å². The van der Waals surface area contributed by atoms with Crippen molar-refractivity contribution in [1.82, 2.24) is 4.98 Å². The average Bonchev–Trinajstić information content (AvgIpc) is 3.80. The molecule has 1 aliphatic rings. The fraction of sp³-hybridized carbons (Fsp3) is 0.0682. The number of hydrogen-bond acceptors (Lipinski definition) is 4. The molecular weight excluding hydrogens is 588 g/mol. The molecule has 0 N–H and O–H groups in total. The van der Waals surface area contributed by atoms with Gasteiger partial charge < -0.3 is 13.7 Å². The lowest BCUT2D eigenvalue weighted by Crippen LogP contribution is -2.16. The van der Waals surface area contributed by atoms with E-state index in [0.29, 0.717) is 5.89 Å². The zero-order valence-corrected chi connectivity index (χ0v) is 26.6. The van der Waals surface area contributed by atoms with Gasteiger partial charge in [-0.25, -0.2) is 4.98 Å². The van der Waals surface area contributed by atoms with Crippen molar-refractivity contribution in [3.63, 3.8) is 0 Å². The second kappa shape index (κ2) is 9.93. The number of aromatic nitrogens is 1. The molecule has 1 aliphatic carbocycles. The lowest BCUT2D eigenvalue weighted by molar-refractivity contribution is 0.623. The minimum Gasteiger partial charge on any atom is -0.456 e. The van der Waals surface area contributed by atoms with Gasteiger partial charge in [0.25, 0.3) is 0 Å². The number of benzene rings is 7. The van der Waals surface area contributed by atoms with Crippen molar-refractivity contribution >= 4 is 60.9 Å². The zero-order valence-electron chi connectivity index (χ0n) is 26.6. The third-order valence-electron chi connectivity index (χ3n) is 10.1. The molecule has 4 heteroatoms. The van der Waals surface area contributed by atoms with Crippen LogP contribution < -0.4 is 4.90 Å². The third-order valence-corrected chi connectivity index (χ3v) is 10.1. The van der Waals surface area contributed by atoms with Crippen molar-refractivity contribution < 1.29 is 8.83 Å². The van der Waals surface area contributed by atoms with Gasteiger partial charge >= 0.3 is 0 Å². The topological polar surface area (TPSA) is 42.4 Å². The Hall–Kier alpha value is -6.13. The van der Waals surface area contributed by atoms with Gasteiger partial charge in [0.1, 0.15) is 16.7 Å². The number of anilines is 3. The molecule has 0 atom stereocenters.